The molecule has 0 heteroatoms. The predicted molar refractivity (Wildman–Crippen MR) is 41.4 cm³/mol. The molecule has 0 saturated heterocycles. The largest absolute Gasteiger partial charge is 0.0913 e. The molecule has 0 N–H and O–H groups in total. The van der Waals surface area contributed by atoms with Crippen LogP contribution < -0.4 is 0 Å². The second kappa shape index (κ2) is 2.86. The molecule has 1 fully saturated rings. The molecule has 1 aliphatic carbocycles. The Balaban J connectivity index is 2.35. The molecule has 0 aromatic carbocycles. The first-order valence-corrected chi connectivity index (χ1v) is 3.63. The Kier molecular flexibility index (Phi) is 2.10. The van der Waals surface area contributed by atoms with E-state index in [9.17, 15) is 0 Å². The van der Waals surface area contributed by atoms with Crippen LogP contribution in [0, 0.1) is 0 Å². The molecule has 1 rings (SSSR count). The summed E-state index contributed by atoms with van der Waals surface area (Å²) < 4.78 is 0. The number of allylic oxidation sites excluding steroid dienone is 4. The van der Waals surface area contributed by atoms with Crippen molar-refractivity contribution in [3.8, 4) is 0 Å². The lowest BCUT2D eigenvalue weighted by Gasteiger charge is -1.90. The smallest absolute Gasteiger partial charge is 0.0139 e. The molecule has 0 aromatic rings. The number of hydrogen-bond donors (Lipinski definition) is 0. The molecule has 9 heavy (non-hydrogen) atoms. The third kappa shape index (κ3) is 2.05. The second-order valence-electron chi connectivity index (χ2n) is 2.66. The van der Waals surface area contributed by atoms with E-state index in [-0.39, 0.29) is 0 Å². The van der Waals surface area contributed by atoms with Gasteiger partial charge in [0, 0.05) is 0 Å². The minimum atomic E-state index is 1.17. The van der Waals surface area contributed by atoms with E-state index in [4.69, 9.17) is 0 Å². The molecule has 0 aromatic heterocycles. The molecule has 0 aliphatic heterocycles. The molecule has 0 amide bonds. The van der Waals surface area contributed by atoms with Crippen LogP contribution in [0.2, 0.25) is 0 Å². The van der Waals surface area contributed by atoms with E-state index in [0.717, 1.165) is 0 Å². The molecular weight excluding hydrogens is 108 g/mol. The Labute approximate surface area is 57.3 Å². The molecule has 1 saturated carbocycles. The van der Waals surface area contributed by atoms with E-state index in [1.165, 1.54) is 19.3 Å². The van der Waals surface area contributed by atoms with Gasteiger partial charge in [-0.25, -0.2) is 0 Å². The summed E-state index contributed by atoms with van der Waals surface area (Å²) in [6.45, 7) is 4.31. The van der Waals surface area contributed by atoms with Gasteiger partial charge in [-0.2, -0.15) is 0 Å². The maximum absolute atomic E-state index is 2.24. The summed E-state index contributed by atoms with van der Waals surface area (Å²) in [7, 11) is 0. The van der Waals surface area contributed by atoms with Crippen molar-refractivity contribution in [3.63, 3.8) is 0 Å². The average Bonchev–Trinajstić information content (AvgIpc) is 2.63. The normalized spacial score (nSPS) is 16.9. The van der Waals surface area contributed by atoms with E-state index >= 15 is 0 Å². The van der Waals surface area contributed by atoms with Crippen LogP contribution in [0.4, 0.5) is 0 Å². The quantitative estimate of drug-likeness (QED) is 0.494. The lowest BCUT2D eigenvalue weighted by Crippen LogP contribution is -1.69. The molecule has 0 spiro atoms. The summed E-state index contributed by atoms with van der Waals surface area (Å²) in [5, 5.41) is 0. The fourth-order valence-corrected chi connectivity index (χ4v) is 0.928. The average molecular weight is 122 g/mol. The maximum atomic E-state index is 2.24. The molecule has 1 aliphatic rings. The van der Waals surface area contributed by atoms with Crippen LogP contribution in [-0.2, 0) is 0 Å². The molecule has 0 unspecified atom stereocenters. The van der Waals surface area contributed by atoms with Gasteiger partial charge < -0.3 is 0 Å². The van der Waals surface area contributed by atoms with Gasteiger partial charge in [0.2, 0.25) is 0 Å². The second-order valence-corrected chi connectivity index (χ2v) is 2.66. The van der Waals surface area contributed by atoms with Crippen molar-refractivity contribution < 1.29 is 0 Å². The molecular formula is C9H14. The molecule has 0 nitrogen and oxygen atoms in total. The van der Waals surface area contributed by atoms with Gasteiger partial charge >= 0.3 is 0 Å². The highest BCUT2D eigenvalue weighted by Crippen LogP contribution is 2.32. The first-order valence-electron chi connectivity index (χ1n) is 3.63. The van der Waals surface area contributed by atoms with Gasteiger partial charge in [0.1, 0.15) is 0 Å². The minimum absolute atomic E-state index is 1.17. The first-order chi connectivity index (χ1) is 4.34. The van der Waals surface area contributed by atoms with Gasteiger partial charge in [-0.3, -0.25) is 0 Å². The van der Waals surface area contributed by atoms with Gasteiger partial charge in [0.25, 0.3) is 0 Å². The minimum Gasteiger partial charge on any atom is -0.0913 e. The highest BCUT2D eigenvalue weighted by Gasteiger charge is 2.12. The number of rotatable bonds is 2. The van der Waals surface area contributed by atoms with Gasteiger partial charge in [-0.1, -0.05) is 23.3 Å². The summed E-state index contributed by atoms with van der Waals surface area (Å²) in [5.74, 6) is 0. The van der Waals surface area contributed by atoms with Crippen LogP contribution in [0.3, 0.4) is 0 Å². The third-order valence-electron chi connectivity index (χ3n) is 1.76. The van der Waals surface area contributed by atoms with E-state index in [0.29, 0.717) is 0 Å². The van der Waals surface area contributed by atoms with Crippen molar-refractivity contribution in [1.29, 1.82) is 0 Å². The van der Waals surface area contributed by atoms with E-state index < -0.39 is 0 Å². The van der Waals surface area contributed by atoms with Gasteiger partial charge in [-0.15, -0.1) is 0 Å². The molecule has 0 atom stereocenters. The Morgan fingerprint density at radius 1 is 1.56 bits per heavy atom. The zero-order chi connectivity index (χ0) is 6.69. The van der Waals surface area contributed by atoms with Crippen molar-refractivity contribution in [2.45, 2.75) is 33.1 Å². The standard InChI is InChI=1S/C9H14/c1-3-4-5-8(2)9-6-7-9/h3-4H,5-7H2,1-2H3. The van der Waals surface area contributed by atoms with Crippen LogP contribution in [0.15, 0.2) is 23.3 Å². The molecule has 0 bridgehead atoms. The van der Waals surface area contributed by atoms with E-state index in [1.54, 1.807) is 11.1 Å². The molecule has 0 heterocycles. The Morgan fingerprint density at radius 2 is 2.22 bits per heavy atom. The van der Waals surface area contributed by atoms with Crippen molar-refractivity contribution in [2.24, 2.45) is 0 Å². The van der Waals surface area contributed by atoms with Gasteiger partial charge in [-0.05, 0) is 33.1 Å². The predicted octanol–water partition coefficient (Wildman–Crippen LogP) is 3.06. The van der Waals surface area contributed by atoms with Crippen LogP contribution >= 0.6 is 0 Å². The SMILES string of the molecule is CC=CCC(C)=C1CC1. The fraction of sp³-hybridized carbons (Fsp3) is 0.556. The highest BCUT2D eigenvalue weighted by molar-refractivity contribution is 5.24. The van der Waals surface area contributed by atoms with Crippen molar-refractivity contribution in [1.82, 2.24) is 0 Å². The summed E-state index contributed by atoms with van der Waals surface area (Å²) in [4.78, 5) is 0. The summed E-state index contributed by atoms with van der Waals surface area (Å²) >= 11 is 0. The highest BCUT2D eigenvalue weighted by atomic mass is 14.2. The van der Waals surface area contributed by atoms with Gasteiger partial charge in [0.05, 0.1) is 0 Å². The zero-order valence-electron chi connectivity index (χ0n) is 6.28. The molecule has 50 valence electrons. The maximum Gasteiger partial charge on any atom is -0.0139 e. The summed E-state index contributed by atoms with van der Waals surface area (Å²) in [6.07, 6.45) is 8.24. The van der Waals surface area contributed by atoms with Crippen LogP contribution in [-0.4, -0.2) is 0 Å². The monoisotopic (exact) mass is 122 g/mol. The molecule has 0 radical (unpaired) electrons. The third-order valence-corrected chi connectivity index (χ3v) is 1.76. The van der Waals surface area contributed by atoms with Crippen molar-refractivity contribution >= 4 is 0 Å². The lowest BCUT2D eigenvalue weighted by molar-refractivity contribution is 1.19. The number of hydrogen-bond acceptors (Lipinski definition) is 0. The summed E-state index contributed by atoms with van der Waals surface area (Å²) in [5.41, 5.74) is 3.28. The van der Waals surface area contributed by atoms with Crippen molar-refractivity contribution in [2.75, 3.05) is 0 Å². The zero-order valence-corrected chi connectivity index (χ0v) is 6.28. The Hall–Kier alpha value is -0.520. The van der Waals surface area contributed by atoms with E-state index in [2.05, 4.69) is 26.0 Å². The Morgan fingerprint density at radius 3 is 2.67 bits per heavy atom. The lowest BCUT2D eigenvalue weighted by atomic mass is 10.2. The van der Waals surface area contributed by atoms with Crippen LogP contribution in [0.1, 0.15) is 33.1 Å². The van der Waals surface area contributed by atoms with Crippen LogP contribution in [0.5, 0.6) is 0 Å². The van der Waals surface area contributed by atoms with Crippen LogP contribution in [0.25, 0.3) is 0 Å². The van der Waals surface area contributed by atoms with Crippen molar-refractivity contribution in [3.05, 3.63) is 23.3 Å². The first kappa shape index (κ1) is 6.60. The van der Waals surface area contributed by atoms with Gasteiger partial charge in [0.15, 0.2) is 0 Å². The summed E-state index contributed by atoms with van der Waals surface area (Å²) in [6, 6.07) is 0. The Bertz CT molecular complexity index is 143. The van der Waals surface area contributed by atoms with E-state index in [1.807, 2.05) is 0 Å². The topological polar surface area (TPSA) is 0 Å². The fourth-order valence-electron chi connectivity index (χ4n) is 0.928.